The first-order chi connectivity index (χ1) is 27.7. The van der Waals surface area contributed by atoms with Crippen LogP contribution in [-0.4, -0.2) is 15.0 Å². The van der Waals surface area contributed by atoms with Gasteiger partial charge in [0.15, 0.2) is 17.5 Å². The lowest BCUT2D eigenvalue weighted by atomic mass is 9.90. The minimum absolute atomic E-state index is 0.615. The molecule has 0 amide bonds. The van der Waals surface area contributed by atoms with Gasteiger partial charge in [0, 0.05) is 47.6 Å². The van der Waals surface area contributed by atoms with Gasteiger partial charge in [-0.2, -0.15) is 0 Å². The Morgan fingerprint density at radius 1 is 0.304 bits per heavy atom. The first kappa shape index (κ1) is 32.2. The third-order valence-electron chi connectivity index (χ3n) is 10.5. The minimum atomic E-state index is 0.615. The molecule has 3 aromatic heterocycles. The summed E-state index contributed by atoms with van der Waals surface area (Å²) in [6, 6.07) is 65.9. The monoisotopic (exact) mass is 733 g/mol. The molecule has 3 heterocycles. The summed E-state index contributed by atoms with van der Waals surface area (Å²) >= 11 is 1.85. The van der Waals surface area contributed by atoms with Crippen molar-refractivity contribution >= 4 is 53.4 Å². The first-order valence-electron chi connectivity index (χ1n) is 18.7. The topological polar surface area (TPSA) is 51.8 Å². The molecule has 0 N–H and O–H groups in total. The van der Waals surface area contributed by atoms with E-state index in [1.54, 1.807) is 0 Å². The van der Waals surface area contributed by atoms with Gasteiger partial charge in [0.25, 0.3) is 0 Å². The third kappa shape index (κ3) is 5.65. The lowest BCUT2D eigenvalue weighted by molar-refractivity contribution is 0.669. The smallest absolute Gasteiger partial charge is 0.164 e. The molecule has 0 aliphatic rings. The predicted molar refractivity (Wildman–Crippen MR) is 233 cm³/mol. The normalized spacial score (nSPS) is 11.6. The second-order valence-electron chi connectivity index (χ2n) is 14.0. The molecule has 0 saturated heterocycles. The van der Waals surface area contributed by atoms with E-state index in [9.17, 15) is 0 Å². The van der Waals surface area contributed by atoms with E-state index in [0.717, 1.165) is 60.9 Å². The van der Waals surface area contributed by atoms with E-state index in [1.165, 1.54) is 31.3 Å². The van der Waals surface area contributed by atoms with Crippen molar-refractivity contribution in [3.63, 3.8) is 0 Å². The molecule has 0 aliphatic carbocycles. The SMILES string of the molecule is c1ccc(-c2nc(-c3ccccc3)nc(-c3cccc(-c4cc5oc6ccccc6c5cc4-c4cccc(-c5ccc6sc7ccccc7c6c5)c4)c3)n2)cc1. The molecule has 262 valence electrons. The number of thiophene rings is 1. The molecular weight excluding hydrogens is 703 g/mol. The second-order valence-corrected chi connectivity index (χ2v) is 15.1. The first-order valence-corrected chi connectivity index (χ1v) is 19.5. The Balaban J connectivity index is 1.08. The standard InChI is InChI=1S/C51H31N3OS/c1-3-13-32(14-4-1)49-52-50(33-15-5-2-6-16-33)54-51(53-49)38-20-12-19-37(28-38)42-31-46-43(39-21-7-9-23-45(39)55-46)30-41(42)36-18-11-17-34(27-36)35-25-26-48-44(29-35)40-22-8-10-24-47(40)56-48/h1-31H. The molecule has 5 heteroatoms. The highest BCUT2D eigenvalue weighted by Crippen LogP contribution is 2.42. The summed E-state index contributed by atoms with van der Waals surface area (Å²) in [7, 11) is 0. The van der Waals surface area contributed by atoms with E-state index in [0.29, 0.717) is 17.5 Å². The maximum absolute atomic E-state index is 6.48. The van der Waals surface area contributed by atoms with Gasteiger partial charge in [-0.05, 0) is 81.9 Å². The average molecular weight is 734 g/mol. The van der Waals surface area contributed by atoms with Gasteiger partial charge in [-0.1, -0.05) is 140 Å². The number of nitrogens with zero attached hydrogens (tertiary/aromatic N) is 3. The maximum atomic E-state index is 6.48. The number of fused-ring (bicyclic) bond motifs is 6. The lowest BCUT2D eigenvalue weighted by Crippen LogP contribution is -2.00. The highest BCUT2D eigenvalue weighted by molar-refractivity contribution is 7.25. The molecule has 0 aliphatic heterocycles. The quantitative estimate of drug-likeness (QED) is 0.171. The van der Waals surface area contributed by atoms with E-state index in [1.807, 2.05) is 84.1 Å². The molecule has 11 rings (SSSR count). The zero-order chi connectivity index (χ0) is 37.0. The van der Waals surface area contributed by atoms with Gasteiger partial charge < -0.3 is 4.42 Å². The fraction of sp³-hybridized carbons (Fsp3) is 0. The number of hydrogen-bond acceptors (Lipinski definition) is 5. The molecule has 0 atom stereocenters. The van der Waals surface area contributed by atoms with Crippen LogP contribution in [0.3, 0.4) is 0 Å². The fourth-order valence-electron chi connectivity index (χ4n) is 7.78. The van der Waals surface area contributed by atoms with Crippen molar-refractivity contribution in [3.8, 4) is 67.5 Å². The molecule has 0 fully saturated rings. The number of benzene rings is 8. The van der Waals surface area contributed by atoms with Crippen molar-refractivity contribution in [2.75, 3.05) is 0 Å². The number of para-hydroxylation sites is 1. The summed E-state index contributed by atoms with van der Waals surface area (Å²) in [6.07, 6.45) is 0. The average Bonchev–Trinajstić information content (AvgIpc) is 3.84. The zero-order valence-corrected chi connectivity index (χ0v) is 30.9. The predicted octanol–water partition coefficient (Wildman–Crippen LogP) is 14.1. The summed E-state index contributed by atoms with van der Waals surface area (Å²) in [5, 5.41) is 4.78. The van der Waals surface area contributed by atoms with Crippen LogP contribution in [0.4, 0.5) is 0 Å². The molecular formula is C51H31N3OS. The van der Waals surface area contributed by atoms with Gasteiger partial charge in [0.05, 0.1) is 0 Å². The van der Waals surface area contributed by atoms with E-state index in [4.69, 9.17) is 19.4 Å². The van der Waals surface area contributed by atoms with Gasteiger partial charge in [0.1, 0.15) is 11.2 Å². The highest BCUT2D eigenvalue weighted by Gasteiger charge is 2.18. The van der Waals surface area contributed by atoms with E-state index in [-0.39, 0.29) is 0 Å². The zero-order valence-electron chi connectivity index (χ0n) is 30.1. The molecule has 56 heavy (non-hydrogen) atoms. The van der Waals surface area contributed by atoms with Gasteiger partial charge in [-0.15, -0.1) is 11.3 Å². The molecule has 0 spiro atoms. The number of rotatable bonds is 6. The minimum Gasteiger partial charge on any atom is -0.456 e. The number of furan rings is 1. The van der Waals surface area contributed by atoms with Gasteiger partial charge in [-0.3, -0.25) is 0 Å². The summed E-state index contributed by atoms with van der Waals surface area (Å²) in [5.74, 6) is 1.88. The van der Waals surface area contributed by atoms with Crippen LogP contribution in [0.5, 0.6) is 0 Å². The molecule has 4 nitrogen and oxygen atoms in total. The number of aromatic nitrogens is 3. The largest absolute Gasteiger partial charge is 0.456 e. The van der Waals surface area contributed by atoms with Crippen LogP contribution in [0, 0.1) is 0 Å². The van der Waals surface area contributed by atoms with Crippen LogP contribution in [0.1, 0.15) is 0 Å². The number of hydrogen-bond donors (Lipinski definition) is 0. The summed E-state index contributed by atoms with van der Waals surface area (Å²) in [5.41, 5.74) is 11.2. The molecule has 0 bridgehead atoms. The van der Waals surface area contributed by atoms with Crippen molar-refractivity contribution in [1.29, 1.82) is 0 Å². The Morgan fingerprint density at radius 3 is 1.55 bits per heavy atom. The molecule has 8 aromatic carbocycles. The Hall–Kier alpha value is -7.21. The van der Waals surface area contributed by atoms with E-state index in [2.05, 4.69) is 115 Å². The third-order valence-corrected chi connectivity index (χ3v) is 11.7. The molecule has 0 unspecified atom stereocenters. The summed E-state index contributed by atoms with van der Waals surface area (Å²) in [6.45, 7) is 0. The maximum Gasteiger partial charge on any atom is 0.164 e. The van der Waals surface area contributed by atoms with Crippen LogP contribution in [0.2, 0.25) is 0 Å². The summed E-state index contributed by atoms with van der Waals surface area (Å²) < 4.78 is 9.09. The van der Waals surface area contributed by atoms with Gasteiger partial charge in [-0.25, -0.2) is 15.0 Å². The van der Waals surface area contributed by atoms with Crippen molar-refractivity contribution < 1.29 is 4.42 Å². The summed E-state index contributed by atoms with van der Waals surface area (Å²) in [4.78, 5) is 15.0. The van der Waals surface area contributed by atoms with Crippen LogP contribution < -0.4 is 0 Å². The van der Waals surface area contributed by atoms with Gasteiger partial charge in [0.2, 0.25) is 0 Å². The van der Waals surface area contributed by atoms with Gasteiger partial charge >= 0.3 is 0 Å². The van der Waals surface area contributed by atoms with Crippen LogP contribution in [0.15, 0.2) is 192 Å². The van der Waals surface area contributed by atoms with E-state index >= 15 is 0 Å². The lowest BCUT2D eigenvalue weighted by Gasteiger charge is -2.14. The fourth-order valence-corrected chi connectivity index (χ4v) is 8.87. The van der Waals surface area contributed by atoms with Crippen LogP contribution >= 0.6 is 11.3 Å². The van der Waals surface area contributed by atoms with E-state index < -0.39 is 0 Å². The Labute approximate surface area is 327 Å². The Bertz CT molecular complexity index is 3200. The van der Waals surface area contributed by atoms with Crippen molar-refractivity contribution in [2.45, 2.75) is 0 Å². The van der Waals surface area contributed by atoms with Crippen molar-refractivity contribution in [3.05, 3.63) is 188 Å². The second kappa shape index (κ2) is 13.3. The highest BCUT2D eigenvalue weighted by atomic mass is 32.1. The van der Waals surface area contributed by atoms with Crippen LogP contribution in [-0.2, 0) is 0 Å². The molecule has 0 saturated carbocycles. The Morgan fingerprint density at radius 2 is 0.821 bits per heavy atom. The molecule has 0 radical (unpaired) electrons. The van der Waals surface area contributed by atoms with Crippen LogP contribution in [0.25, 0.3) is 110 Å². The van der Waals surface area contributed by atoms with Crippen molar-refractivity contribution in [1.82, 2.24) is 15.0 Å². The van der Waals surface area contributed by atoms with Crippen molar-refractivity contribution in [2.24, 2.45) is 0 Å². The Kier molecular flexibility index (Phi) is 7.64. The molecule has 11 aromatic rings.